The molecule has 1 saturated heterocycles. The Bertz CT molecular complexity index is 418. The fourth-order valence-electron chi connectivity index (χ4n) is 2.91. The molecule has 0 spiro atoms. The Morgan fingerprint density at radius 3 is 2.63 bits per heavy atom. The van der Waals surface area contributed by atoms with Gasteiger partial charge in [-0.2, -0.15) is 0 Å². The number of amides is 1. The van der Waals surface area contributed by atoms with E-state index < -0.39 is 0 Å². The summed E-state index contributed by atoms with van der Waals surface area (Å²) < 4.78 is 0. The van der Waals surface area contributed by atoms with Crippen LogP contribution in [0.25, 0.3) is 0 Å². The molecule has 0 saturated carbocycles. The third-order valence-corrected chi connectivity index (χ3v) is 3.97. The summed E-state index contributed by atoms with van der Waals surface area (Å²) >= 11 is 0. The molecule has 1 heterocycles. The predicted molar refractivity (Wildman–Crippen MR) is 77.7 cm³/mol. The molecule has 2 N–H and O–H groups in total. The Kier molecular flexibility index (Phi) is 4.59. The number of likely N-dealkylation sites (tertiary alicyclic amines) is 1. The van der Waals surface area contributed by atoms with Gasteiger partial charge in [-0.15, -0.1) is 0 Å². The highest BCUT2D eigenvalue weighted by molar-refractivity contribution is 5.82. The van der Waals surface area contributed by atoms with E-state index in [2.05, 4.69) is 26.0 Å². The van der Waals surface area contributed by atoms with Crippen LogP contribution >= 0.6 is 0 Å². The average Bonchev–Trinajstić information content (AvgIpc) is 2.75. The van der Waals surface area contributed by atoms with Crippen LogP contribution in [-0.2, 0) is 11.2 Å². The van der Waals surface area contributed by atoms with Gasteiger partial charge in [0.25, 0.3) is 0 Å². The average molecular weight is 260 g/mol. The van der Waals surface area contributed by atoms with E-state index in [1.54, 1.807) is 0 Å². The fraction of sp³-hybridized carbons (Fsp3) is 0.562. The molecule has 1 aliphatic rings. The lowest BCUT2D eigenvalue weighted by Gasteiger charge is -2.25. The lowest BCUT2D eigenvalue weighted by molar-refractivity contribution is -0.133. The fourth-order valence-corrected chi connectivity index (χ4v) is 2.91. The molecule has 0 bridgehead atoms. The van der Waals surface area contributed by atoms with Gasteiger partial charge in [-0.25, -0.2) is 0 Å². The highest BCUT2D eigenvalue weighted by Gasteiger charge is 2.32. The summed E-state index contributed by atoms with van der Waals surface area (Å²) in [6.45, 7) is 5.17. The Morgan fingerprint density at radius 2 is 2.05 bits per heavy atom. The summed E-state index contributed by atoms with van der Waals surface area (Å²) in [6, 6.07) is 10.2. The van der Waals surface area contributed by atoms with Gasteiger partial charge < -0.3 is 10.6 Å². The second-order valence-electron chi connectivity index (χ2n) is 5.81. The smallest absolute Gasteiger partial charge is 0.239 e. The van der Waals surface area contributed by atoms with E-state index in [-0.39, 0.29) is 11.9 Å². The van der Waals surface area contributed by atoms with Gasteiger partial charge in [0, 0.05) is 12.6 Å². The van der Waals surface area contributed by atoms with E-state index >= 15 is 0 Å². The van der Waals surface area contributed by atoms with Crippen molar-refractivity contribution in [2.75, 3.05) is 6.54 Å². The maximum atomic E-state index is 12.3. The van der Waals surface area contributed by atoms with Gasteiger partial charge in [0.15, 0.2) is 0 Å². The summed E-state index contributed by atoms with van der Waals surface area (Å²) in [4.78, 5) is 14.3. The molecule has 3 heteroatoms. The zero-order valence-corrected chi connectivity index (χ0v) is 11.9. The van der Waals surface area contributed by atoms with Crippen molar-refractivity contribution in [3.8, 4) is 0 Å². The van der Waals surface area contributed by atoms with Gasteiger partial charge in [-0.3, -0.25) is 4.79 Å². The summed E-state index contributed by atoms with van der Waals surface area (Å²) in [5.41, 5.74) is 7.31. The highest BCUT2D eigenvalue weighted by atomic mass is 16.2. The molecule has 0 radical (unpaired) electrons. The predicted octanol–water partition coefficient (Wildman–Crippen LogP) is 2.20. The number of nitrogens with two attached hydrogens (primary N) is 1. The molecule has 3 nitrogen and oxygen atoms in total. The number of hydrogen-bond acceptors (Lipinski definition) is 2. The molecule has 1 aromatic rings. The van der Waals surface area contributed by atoms with Crippen molar-refractivity contribution in [3.05, 3.63) is 35.9 Å². The summed E-state index contributed by atoms with van der Waals surface area (Å²) in [5, 5.41) is 0. The van der Waals surface area contributed by atoms with E-state index in [1.165, 1.54) is 5.56 Å². The van der Waals surface area contributed by atoms with Crippen LogP contribution in [0.4, 0.5) is 0 Å². The second-order valence-corrected chi connectivity index (χ2v) is 5.81. The molecular weight excluding hydrogens is 236 g/mol. The van der Waals surface area contributed by atoms with Crippen LogP contribution in [0.5, 0.6) is 0 Å². The first-order valence-electron chi connectivity index (χ1n) is 7.18. The van der Waals surface area contributed by atoms with Gasteiger partial charge in [-0.05, 0) is 37.7 Å². The van der Waals surface area contributed by atoms with Crippen LogP contribution < -0.4 is 5.73 Å². The lowest BCUT2D eigenvalue weighted by atomic mass is 10.0. The number of carbonyl (C=O) groups excluding carboxylic acids is 1. The van der Waals surface area contributed by atoms with Crippen molar-refractivity contribution in [1.82, 2.24) is 4.90 Å². The third kappa shape index (κ3) is 3.57. The molecule has 0 aliphatic carbocycles. The molecule has 0 aromatic heterocycles. The van der Waals surface area contributed by atoms with Gasteiger partial charge >= 0.3 is 0 Å². The van der Waals surface area contributed by atoms with Gasteiger partial charge in [-0.1, -0.05) is 37.3 Å². The first-order valence-corrected chi connectivity index (χ1v) is 7.18. The Hall–Kier alpha value is -1.35. The minimum atomic E-state index is -0.368. The van der Waals surface area contributed by atoms with Crippen molar-refractivity contribution < 1.29 is 4.79 Å². The van der Waals surface area contributed by atoms with Crippen molar-refractivity contribution in [2.24, 2.45) is 11.7 Å². The molecule has 1 amide bonds. The molecule has 2 rings (SSSR count). The second kappa shape index (κ2) is 6.20. The van der Waals surface area contributed by atoms with Crippen molar-refractivity contribution >= 4 is 5.91 Å². The first-order chi connectivity index (χ1) is 9.08. The van der Waals surface area contributed by atoms with E-state index in [0.717, 1.165) is 25.8 Å². The number of hydrogen-bond donors (Lipinski definition) is 1. The molecule has 3 unspecified atom stereocenters. The van der Waals surface area contributed by atoms with E-state index in [9.17, 15) is 4.79 Å². The molecular formula is C16H24N2O. The molecule has 1 aromatic carbocycles. The van der Waals surface area contributed by atoms with Crippen LogP contribution in [-0.4, -0.2) is 29.4 Å². The van der Waals surface area contributed by atoms with Crippen LogP contribution in [0, 0.1) is 5.92 Å². The molecule has 19 heavy (non-hydrogen) atoms. The minimum absolute atomic E-state index is 0.118. The summed E-state index contributed by atoms with van der Waals surface area (Å²) in [5.74, 6) is 0.716. The number of benzene rings is 1. The van der Waals surface area contributed by atoms with Crippen molar-refractivity contribution in [2.45, 2.75) is 45.2 Å². The quantitative estimate of drug-likeness (QED) is 0.902. The number of rotatable bonds is 4. The molecule has 1 aliphatic heterocycles. The maximum Gasteiger partial charge on any atom is 0.239 e. The standard InChI is InChI=1S/C16H24N2O/c1-12-10-13(2)18(11-12)16(19)15(17)9-8-14-6-4-3-5-7-14/h3-7,12-13,15H,8-11,17H2,1-2H3. The first kappa shape index (κ1) is 14.1. The SMILES string of the molecule is CC1CC(C)N(C(=O)C(N)CCc2ccccc2)C1. The van der Waals surface area contributed by atoms with Gasteiger partial charge in [0.1, 0.15) is 0 Å². The third-order valence-electron chi connectivity index (χ3n) is 3.97. The van der Waals surface area contributed by atoms with E-state index in [0.29, 0.717) is 12.0 Å². The monoisotopic (exact) mass is 260 g/mol. The van der Waals surface area contributed by atoms with Crippen molar-refractivity contribution in [1.29, 1.82) is 0 Å². The minimum Gasteiger partial charge on any atom is -0.338 e. The molecule has 3 atom stereocenters. The number of nitrogens with zero attached hydrogens (tertiary/aromatic N) is 1. The van der Waals surface area contributed by atoms with Crippen LogP contribution in [0.2, 0.25) is 0 Å². The van der Waals surface area contributed by atoms with Crippen LogP contribution in [0.3, 0.4) is 0 Å². The van der Waals surface area contributed by atoms with Crippen LogP contribution in [0.1, 0.15) is 32.3 Å². The normalized spacial score (nSPS) is 24.5. The molecule has 104 valence electrons. The summed E-state index contributed by atoms with van der Waals surface area (Å²) in [6.07, 6.45) is 2.68. The van der Waals surface area contributed by atoms with E-state index in [4.69, 9.17) is 5.73 Å². The topological polar surface area (TPSA) is 46.3 Å². The highest BCUT2D eigenvalue weighted by Crippen LogP contribution is 2.23. The Balaban J connectivity index is 1.86. The Morgan fingerprint density at radius 1 is 1.37 bits per heavy atom. The van der Waals surface area contributed by atoms with Gasteiger partial charge in [0.2, 0.25) is 5.91 Å². The maximum absolute atomic E-state index is 12.3. The zero-order chi connectivity index (χ0) is 13.8. The number of aryl methyl sites for hydroxylation is 1. The Labute approximate surface area is 115 Å². The zero-order valence-electron chi connectivity index (χ0n) is 11.9. The summed E-state index contributed by atoms with van der Waals surface area (Å²) in [7, 11) is 0. The van der Waals surface area contributed by atoms with Crippen LogP contribution in [0.15, 0.2) is 30.3 Å². The molecule has 1 fully saturated rings. The van der Waals surface area contributed by atoms with Gasteiger partial charge in [0.05, 0.1) is 6.04 Å². The van der Waals surface area contributed by atoms with Crippen molar-refractivity contribution in [3.63, 3.8) is 0 Å². The lowest BCUT2D eigenvalue weighted by Crippen LogP contribution is -2.45. The number of carbonyl (C=O) groups is 1. The largest absolute Gasteiger partial charge is 0.338 e. The van der Waals surface area contributed by atoms with E-state index in [1.807, 2.05) is 23.1 Å².